The van der Waals surface area contributed by atoms with E-state index in [9.17, 15) is 9.59 Å². The molecular formula is C27H41Cl2N5O5. The number of hydrazone groups is 1. The number of benzene rings is 1. The highest BCUT2D eigenvalue weighted by Crippen LogP contribution is 2.28. The summed E-state index contributed by atoms with van der Waals surface area (Å²) in [6, 6.07) is 5.39. The molecule has 39 heavy (non-hydrogen) atoms. The second-order valence-corrected chi connectivity index (χ2v) is 11.5. The number of anilines is 1. The number of halogens is 2. The predicted octanol–water partition coefficient (Wildman–Crippen LogP) is 4.29. The van der Waals surface area contributed by atoms with Gasteiger partial charge < -0.3 is 29.7 Å². The average Bonchev–Trinajstić information content (AvgIpc) is 3.33. The topological polar surface area (TPSA) is 105 Å². The van der Waals surface area contributed by atoms with E-state index < -0.39 is 11.7 Å². The van der Waals surface area contributed by atoms with Gasteiger partial charge in [0.25, 0.3) is 0 Å². The Hall–Kier alpha value is -2.11. The molecule has 1 aromatic rings. The van der Waals surface area contributed by atoms with Crippen LogP contribution in [0.4, 0.5) is 10.5 Å². The number of amides is 2. The van der Waals surface area contributed by atoms with E-state index in [0.717, 1.165) is 38.2 Å². The van der Waals surface area contributed by atoms with Gasteiger partial charge in [0, 0.05) is 32.5 Å². The largest absolute Gasteiger partial charge is 0.444 e. The van der Waals surface area contributed by atoms with Gasteiger partial charge in [-0.15, -0.1) is 0 Å². The van der Waals surface area contributed by atoms with Crippen LogP contribution < -0.4 is 15.6 Å². The third-order valence-corrected chi connectivity index (χ3v) is 7.05. The Balaban J connectivity index is 1.20. The van der Waals surface area contributed by atoms with E-state index in [4.69, 9.17) is 37.4 Å². The Morgan fingerprint density at radius 3 is 2.44 bits per heavy atom. The third kappa shape index (κ3) is 11.9. The first-order valence-corrected chi connectivity index (χ1v) is 14.3. The van der Waals surface area contributed by atoms with Crippen LogP contribution in [0.2, 0.25) is 10.0 Å². The predicted molar refractivity (Wildman–Crippen MR) is 154 cm³/mol. The van der Waals surface area contributed by atoms with Gasteiger partial charge in [-0.25, -0.2) is 4.79 Å². The van der Waals surface area contributed by atoms with E-state index in [0.29, 0.717) is 74.2 Å². The minimum atomic E-state index is -0.508. The highest BCUT2D eigenvalue weighted by atomic mass is 35.5. The molecule has 2 aliphatic rings. The van der Waals surface area contributed by atoms with Crippen molar-refractivity contribution in [3.63, 3.8) is 0 Å². The maximum Gasteiger partial charge on any atom is 0.407 e. The number of nitrogens with one attached hydrogen (secondary N) is 2. The summed E-state index contributed by atoms with van der Waals surface area (Å²) in [5, 5.41) is 13.0. The maximum absolute atomic E-state index is 12.6. The van der Waals surface area contributed by atoms with Gasteiger partial charge in [-0.1, -0.05) is 23.2 Å². The van der Waals surface area contributed by atoms with E-state index >= 15 is 0 Å². The van der Waals surface area contributed by atoms with Crippen LogP contribution in [0.1, 0.15) is 46.5 Å². The lowest BCUT2D eigenvalue weighted by Crippen LogP contribution is -2.38. The molecule has 0 unspecified atom stereocenters. The monoisotopic (exact) mass is 585 g/mol. The Morgan fingerprint density at radius 1 is 1.03 bits per heavy atom. The Bertz CT molecular complexity index is 980. The minimum Gasteiger partial charge on any atom is -0.444 e. The number of hydrogen-bond donors (Lipinski definition) is 2. The number of ether oxygens (including phenoxy) is 3. The summed E-state index contributed by atoms with van der Waals surface area (Å²) in [5.41, 5.74) is 0.344. The zero-order valence-electron chi connectivity index (χ0n) is 23.1. The van der Waals surface area contributed by atoms with Gasteiger partial charge in [0.05, 0.1) is 42.2 Å². The minimum absolute atomic E-state index is 0.0211. The molecule has 0 radical (unpaired) electrons. The first kappa shape index (κ1) is 31.4. The highest BCUT2D eigenvalue weighted by Gasteiger charge is 2.23. The number of amidine groups is 1. The fourth-order valence-corrected chi connectivity index (χ4v) is 4.61. The molecule has 10 nitrogen and oxygen atoms in total. The van der Waals surface area contributed by atoms with Gasteiger partial charge in [-0.05, 0) is 70.8 Å². The number of alkyl carbamates (subject to hydrolysis) is 1. The molecule has 0 aromatic heterocycles. The Labute approximate surface area is 241 Å². The van der Waals surface area contributed by atoms with Crippen LogP contribution in [0.25, 0.3) is 0 Å². The molecule has 0 aliphatic carbocycles. The molecule has 2 N–H and O–H groups in total. The number of likely N-dealkylation sites (tertiary alicyclic amines) is 1. The van der Waals surface area contributed by atoms with Crippen LogP contribution in [0, 0.1) is 5.92 Å². The number of carbonyl (C=O) groups excluding carboxylic acids is 2. The smallest absolute Gasteiger partial charge is 0.407 e. The van der Waals surface area contributed by atoms with Gasteiger partial charge in [-0.3, -0.25) is 9.80 Å². The standard InChI is InChI=1S/C27H41Cl2N5O5/c1-27(2,3)39-26(36)30-9-14-37-16-17-38-15-13-33-10-6-20(7-11-33)18-25(35)31-24-8-12-34(32-24)21-4-5-22(28)23(29)19-21/h4-5,19-20H,6-18H2,1-3H3,(H,30,36)(H,31,32,35). The van der Waals surface area contributed by atoms with Crippen molar-refractivity contribution >= 4 is 46.7 Å². The summed E-state index contributed by atoms with van der Waals surface area (Å²) < 4.78 is 16.3. The number of carbonyl (C=O) groups is 2. The van der Waals surface area contributed by atoms with Gasteiger partial charge in [0.15, 0.2) is 0 Å². The van der Waals surface area contributed by atoms with Crippen molar-refractivity contribution in [2.45, 2.75) is 52.1 Å². The number of piperidine rings is 1. The van der Waals surface area contributed by atoms with Crippen molar-refractivity contribution < 1.29 is 23.8 Å². The van der Waals surface area contributed by atoms with Crippen molar-refractivity contribution in [1.82, 2.24) is 15.5 Å². The number of nitrogens with zero attached hydrogens (tertiary/aromatic N) is 3. The molecule has 2 amide bonds. The van der Waals surface area contributed by atoms with Crippen LogP contribution in [-0.4, -0.2) is 87.5 Å². The zero-order chi connectivity index (χ0) is 28.3. The molecule has 12 heteroatoms. The molecule has 2 heterocycles. The van der Waals surface area contributed by atoms with Gasteiger partial charge in [0.2, 0.25) is 5.91 Å². The van der Waals surface area contributed by atoms with Crippen molar-refractivity contribution in [2.24, 2.45) is 11.0 Å². The van der Waals surface area contributed by atoms with Crippen LogP contribution in [0.15, 0.2) is 23.3 Å². The molecule has 0 bridgehead atoms. The fraction of sp³-hybridized carbons (Fsp3) is 0.667. The SMILES string of the molecule is CC(C)(C)OC(=O)NCCOCCOCCN1CCC(CC(=O)NC2=NN(c3ccc(Cl)c(Cl)c3)CC2)CC1. The van der Waals surface area contributed by atoms with E-state index in [1.807, 2.05) is 31.8 Å². The third-order valence-electron chi connectivity index (χ3n) is 6.31. The van der Waals surface area contributed by atoms with Crippen LogP contribution in [-0.2, 0) is 19.0 Å². The molecule has 1 aromatic carbocycles. The number of rotatable bonds is 12. The summed E-state index contributed by atoms with van der Waals surface area (Å²) >= 11 is 12.1. The molecular weight excluding hydrogens is 545 g/mol. The van der Waals surface area contributed by atoms with Crippen LogP contribution in [0.3, 0.4) is 0 Å². The molecule has 2 aliphatic heterocycles. The van der Waals surface area contributed by atoms with Crippen molar-refractivity contribution in [1.29, 1.82) is 0 Å². The second-order valence-electron chi connectivity index (χ2n) is 10.7. The molecule has 1 saturated heterocycles. The van der Waals surface area contributed by atoms with E-state index in [-0.39, 0.29) is 5.91 Å². The fourth-order valence-electron chi connectivity index (χ4n) is 4.32. The van der Waals surface area contributed by atoms with Gasteiger partial charge in [-0.2, -0.15) is 5.10 Å². The molecule has 0 spiro atoms. The summed E-state index contributed by atoms with van der Waals surface area (Å²) in [5.74, 6) is 1.08. The zero-order valence-corrected chi connectivity index (χ0v) is 24.7. The molecule has 0 atom stereocenters. The first-order chi connectivity index (χ1) is 18.6. The molecule has 0 saturated carbocycles. The molecule has 1 fully saturated rings. The van der Waals surface area contributed by atoms with Crippen LogP contribution >= 0.6 is 23.2 Å². The molecule has 218 valence electrons. The Kier molecular flexibility index (Phi) is 12.6. The van der Waals surface area contributed by atoms with E-state index in [1.165, 1.54) is 0 Å². The quantitative estimate of drug-likeness (QED) is 0.352. The summed E-state index contributed by atoms with van der Waals surface area (Å²) in [6.07, 6.45) is 2.73. The second kappa shape index (κ2) is 15.6. The van der Waals surface area contributed by atoms with Gasteiger partial charge in [0.1, 0.15) is 11.4 Å². The lowest BCUT2D eigenvalue weighted by Gasteiger charge is -2.31. The number of hydrogen-bond acceptors (Lipinski definition) is 8. The molecule has 3 rings (SSSR count). The van der Waals surface area contributed by atoms with Crippen LogP contribution in [0.5, 0.6) is 0 Å². The van der Waals surface area contributed by atoms with Crippen molar-refractivity contribution in [2.75, 3.05) is 64.2 Å². The first-order valence-electron chi connectivity index (χ1n) is 13.5. The lowest BCUT2D eigenvalue weighted by molar-refractivity contribution is -0.121. The maximum atomic E-state index is 12.6. The van der Waals surface area contributed by atoms with Crippen molar-refractivity contribution in [3.05, 3.63) is 28.2 Å². The van der Waals surface area contributed by atoms with E-state index in [2.05, 4.69) is 20.6 Å². The average molecular weight is 587 g/mol. The Morgan fingerprint density at radius 2 is 1.74 bits per heavy atom. The van der Waals surface area contributed by atoms with Crippen molar-refractivity contribution in [3.8, 4) is 0 Å². The summed E-state index contributed by atoms with van der Waals surface area (Å²) in [6.45, 7) is 11.4. The van der Waals surface area contributed by atoms with E-state index in [1.54, 1.807) is 12.1 Å². The summed E-state index contributed by atoms with van der Waals surface area (Å²) in [4.78, 5) is 26.5. The lowest BCUT2D eigenvalue weighted by atomic mass is 9.93. The summed E-state index contributed by atoms with van der Waals surface area (Å²) in [7, 11) is 0. The normalized spacial score (nSPS) is 16.7. The highest BCUT2D eigenvalue weighted by molar-refractivity contribution is 6.42. The van der Waals surface area contributed by atoms with Gasteiger partial charge >= 0.3 is 6.09 Å².